The highest BCUT2D eigenvalue weighted by Crippen LogP contribution is 2.40. The molecule has 1 fully saturated rings. The van der Waals surface area contributed by atoms with Crippen LogP contribution in [-0.2, 0) is 9.59 Å². The van der Waals surface area contributed by atoms with Gasteiger partial charge >= 0.3 is 0 Å². The van der Waals surface area contributed by atoms with Crippen molar-refractivity contribution in [1.82, 2.24) is 9.80 Å². The van der Waals surface area contributed by atoms with Gasteiger partial charge in [0.25, 0.3) is 11.7 Å². The second kappa shape index (κ2) is 8.49. The summed E-state index contributed by atoms with van der Waals surface area (Å²) in [5, 5.41) is 21.1. The summed E-state index contributed by atoms with van der Waals surface area (Å²) in [6, 6.07) is 13.1. The monoisotopic (exact) mass is 394 g/mol. The van der Waals surface area contributed by atoms with Crippen molar-refractivity contribution >= 4 is 17.4 Å². The molecule has 1 atom stereocenters. The number of nitrogens with zero attached hydrogens (tertiary/aromatic N) is 2. The molecule has 2 aromatic carbocycles. The Bertz CT molecular complexity index is 948. The second-order valence-electron chi connectivity index (χ2n) is 7.58. The van der Waals surface area contributed by atoms with Gasteiger partial charge in [0.15, 0.2) is 0 Å². The van der Waals surface area contributed by atoms with E-state index in [1.807, 2.05) is 50.2 Å². The molecule has 2 aromatic rings. The van der Waals surface area contributed by atoms with Gasteiger partial charge in [0.05, 0.1) is 17.2 Å². The number of aliphatic hydroxyl groups is 1. The van der Waals surface area contributed by atoms with Crippen molar-refractivity contribution in [1.29, 1.82) is 0 Å². The lowest BCUT2D eigenvalue weighted by molar-refractivity contribution is -0.139. The van der Waals surface area contributed by atoms with E-state index in [4.69, 9.17) is 0 Å². The Morgan fingerprint density at radius 1 is 1.07 bits per heavy atom. The van der Waals surface area contributed by atoms with Gasteiger partial charge in [-0.15, -0.1) is 0 Å². The van der Waals surface area contributed by atoms with Crippen LogP contribution in [0.2, 0.25) is 0 Å². The number of aromatic hydroxyl groups is 1. The van der Waals surface area contributed by atoms with Crippen LogP contribution in [-0.4, -0.2) is 58.9 Å². The van der Waals surface area contributed by atoms with Gasteiger partial charge in [-0.3, -0.25) is 9.59 Å². The zero-order valence-electron chi connectivity index (χ0n) is 16.9. The van der Waals surface area contributed by atoms with Crippen LogP contribution < -0.4 is 0 Å². The third kappa shape index (κ3) is 4.17. The smallest absolute Gasteiger partial charge is 0.295 e. The zero-order valence-corrected chi connectivity index (χ0v) is 16.9. The minimum atomic E-state index is -0.735. The second-order valence-corrected chi connectivity index (χ2v) is 7.58. The zero-order chi connectivity index (χ0) is 21.1. The molecular formula is C23H26N2O4. The van der Waals surface area contributed by atoms with E-state index in [1.165, 1.54) is 17.0 Å². The maximum Gasteiger partial charge on any atom is 0.295 e. The quantitative estimate of drug-likeness (QED) is 0.447. The normalized spacial score (nSPS) is 18.6. The number of aryl methyl sites for hydroxylation is 1. The number of carbonyl (C=O) groups excluding carboxylic acids is 2. The molecule has 1 amide bonds. The number of phenolic OH excluding ortho intramolecular Hbond substituents is 1. The summed E-state index contributed by atoms with van der Waals surface area (Å²) in [5.74, 6) is -1.87. The first kappa shape index (κ1) is 20.6. The number of ketones is 1. The molecular weight excluding hydrogens is 368 g/mol. The number of phenols is 1. The standard InChI is InChI=1S/C23H26N2O4/c1-15-9-11-16(12-10-15)20-19(21(27)17-7-4-5-8-18(17)26)22(28)23(29)25(20)14-6-13-24(2)3/h4-5,7-12,20,26-27H,6,13-14H2,1-3H3/b21-19+. The molecule has 6 heteroatoms. The Labute approximate surface area is 170 Å². The summed E-state index contributed by atoms with van der Waals surface area (Å²) < 4.78 is 0. The van der Waals surface area contributed by atoms with Crippen molar-refractivity contribution in [3.63, 3.8) is 0 Å². The number of hydrogen-bond donors (Lipinski definition) is 2. The van der Waals surface area contributed by atoms with Gasteiger partial charge in [-0.25, -0.2) is 0 Å². The largest absolute Gasteiger partial charge is 0.507 e. The molecule has 152 valence electrons. The average Bonchev–Trinajstić information content (AvgIpc) is 2.93. The van der Waals surface area contributed by atoms with Crippen molar-refractivity contribution < 1.29 is 19.8 Å². The molecule has 0 spiro atoms. The highest BCUT2D eigenvalue weighted by molar-refractivity contribution is 6.46. The van der Waals surface area contributed by atoms with E-state index < -0.39 is 17.7 Å². The lowest BCUT2D eigenvalue weighted by Crippen LogP contribution is -2.32. The Morgan fingerprint density at radius 3 is 2.34 bits per heavy atom. The lowest BCUT2D eigenvalue weighted by Gasteiger charge is -2.26. The number of aliphatic hydroxyl groups excluding tert-OH is 1. The minimum absolute atomic E-state index is 0.00482. The highest BCUT2D eigenvalue weighted by atomic mass is 16.3. The Balaban J connectivity index is 2.11. The third-order valence-corrected chi connectivity index (χ3v) is 5.10. The Morgan fingerprint density at radius 2 is 1.72 bits per heavy atom. The first-order valence-electron chi connectivity index (χ1n) is 9.59. The van der Waals surface area contributed by atoms with Crippen LogP contribution in [0.1, 0.15) is 29.2 Å². The summed E-state index contributed by atoms with van der Waals surface area (Å²) in [6.45, 7) is 3.11. The molecule has 0 saturated carbocycles. The molecule has 1 aliphatic heterocycles. The highest BCUT2D eigenvalue weighted by Gasteiger charge is 2.45. The van der Waals surface area contributed by atoms with Crippen LogP contribution in [0.15, 0.2) is 54.1 Å². The van der Waals surface area contributed by atoms with E-state index in [0.717, 1.165) is 17.7 Å². The topological polar surface area (TPSA) is 81.1 Å². The van der Waals surface area contributed by atoms with Crippen molar-refractivity contribution in [2.45, 2.75) is 19.4 Å². The molecule has 6 nitrogen and oxygen atoms in total. The molecule has 1 aliphatic rings. The van der Waals surface area contributed by atoms with Crippen LogP contribution in [0.3, 0.4) is 0 Å². The van der Waals surface area contributed by atoms with Crippen LogP contribution in [0.4, 0.5) is 0 Å². The number of Topliss-reactive ketones (excluding diaryl/α,β-unsaturated/α-hetero) is 1. The fraction of sp³-hybridized carbons (Fsp3) is 0.304. The van der Waals surface area contributed by atoms with Crippen molar-refractivity contribution in [3.8, 4) is 5.75 Å². The van der Waals surface area contributed by atoms with E-state index in [2.05, 4.69) is 0 Å². The number of likely N-dealkylation sites (tertiary alicyclic amines) is 1. The molecule has 2 N–H and O–H groups in total. The van der Waals surface area contributed by atoms with Gasteiger partial charge in [0.1, 0.15) is 11.5 Å². The van der Waals surface area contributed by atoms with Crippen LogP contribution >= 0.6 is 0 Å². The maximum atomic E-state index is 12.9. The molecule has 1 saturated heterocycles. The van der Waals surface area contributed by atoms with E-state index in [9.17, 15) is 19.8 Å². The molecule has 0 aromatic heterocycles. The summed E-state index contributed by atoms with van der Waals surface area (Å²) in [4.78, 5) is 29.2. The molecule has 0 aliphatic carbocycles. The molecule has 0 bridgehead atoms. The third-order valence-electron chi connectivity index (χ3n) is 5.10. The summed E-state index contributed by atoms with van der Waals surface area (Å²) in [5.41, 5.74) is 1.94. The van der Waals surface area contributed by atoms with E-state index >= 15 is 0 Å². The predicted octanol–water partition coefficient (Wildman–Crippen LogP) is 3.07. The van der Waals surface area contributed by atoms with Crippen LogP contribution in [0, 0.1) is 6.92 Å². The Hall–Kier alpha value is -3.12. The fourth-order valence-corrected chi connectivity index (χ4v) is 3.58. The van der Waals surface area contributed by atoms with Crippen molar-refractivity contribution in [3.05, 3.63) is 70.8 Å². The van der Waals surface area contributed by atoms with Crippen molar-refractivity contribution in [2.75, 3.05) is 27.2 Å². The van der Waals surface area contributed by atoms with Gasteiger partial charge < -0.3 is 20.0 Å². The van der Waals surface area contributed by atoms with Gasteiger partial charge in [0.2, 0.25) is 0 Å². The number of benzene rings is 2. The van der Waals surface area contributed by atoms with Crippen LogP contribution in [0.5, 0.6) is 5.75 Å². The van der Waals surface area contributed by atoms with Gasteiger partial charge in [-0.2, -0.15) is 0 Å². The summed E-state index contributed by atoms with van der Waals surface area (Å²) >= 11 is 0. The van der Waals surface area contributed by atoms with E-state index in [-0.39, 0.29) is 22.6 Å². The minimum Gasteiger partial charge on any atom is -0.507 e. The fourth-order valence-electron chi connectivity index (χ4n) is 3.58. The molecule has 0 radical (unpaired) electrons. The molecule has 1 heterocycles. The summed E-state index contributed by atoms with van der Waals surface area (Å²) in [7, 11) is 3.90. The first-order valence-corrected chi connectivity index (χ1v) is 9.59. The molecule has 29 heavy (non-hydrogen) atoms. The number of carbonyl (C=O) groups is 2. The van der Waals surface area contributed by atoms with Gasteiger partial charge in [0, 0.05) is 6.54 Å². The summed E-state index contributed by atoms with van der Waals surface area (Å²) in [6.07, 6.45) is 0.693. The number of para-hydroxylation sites is 1. The van der Waals surface area contributed by atoms with E-state index in [1.54, 1.807) is 12.1 Å². The predicted molar refractivity (Wildman–Crippen MR) is 111 cm³/mol. The Kier molecular flexibility index (Phi) is 6.03. The number of amides is 1. The van der Waals surface area contributed by atoms with Crippen LogP contribution in [0.25, 0.3) is 5.76 Å². The van der Waals surface area contributed by atoms with Gasteiger partial charge in [-0.05, 0) is 51.7 Å². The molecule has 3 rings (SSSR count). The number of hydrogen-bond acceptors (Lipinski definition) is 5. The molecule has 1 unspecified atom stereocenters. The van der Waals surface area contributed by atoms with Gasteiger partial charge in [-0.1, -0.05) is 42.0 Å². The number of rotatable bonds is 6. The maximum absolute atomic E-state index is 12.9. The van der Waals surface area contributed by atoms with Crippen molar-refractivity contribution in [2.24, 2.45) is 0 Å². The lowest BCUT2D eigenvalue weighted by atomic mass is 9.94. The average molecular weight is 394 g/mol. The van der Waals surface area contributed by atoms with E-state index in [0.29, 0.717) is 13.0 Å². The first-order chi connectivity index (χ1) is 13.8. The SMILES string of the molecule is Cc1ccc(C2/C(=C(\O)c3ccccc3O)C(=O)C(=O)N2CCCN(C)C)cc1.